The minimum Gasteiger partial charge on any atom is -0.496 e. The summed E-state index contributed by atoms with van der Waals surface area (Å²) in [5.74, 6) is 0.777. The topological polar surface area (TPSA) is 44.8 Å². The van der Waals surface area contributed by atoms with E-state index in [4.69, 9.17) is 14.2 Å². The Labute approximate surface area is 133 Å². The molecule has 1 aromatic rings. The molecule has 2 rings (SSSR count). The molecule has 21 heavy (non-hydrogen) atoms. The molecule has 4 nitrogen and oxygen atoms in total. The van der Waals surface area contributed by atoms with Gasteiger partial charge in [0.15, 0.2) is 0 Å². The monoisotopic (exact) mass is 356 g/mol. The number of methoxy groups -OCH3 is 2. The zero-order chi connectivity index (χ0) is 15.2. The molecule has 5 heteroatoms. The molecule has 0 atom stereocenters. The van der Waals surface area contributed by atoms with E-state index in [-0.39, 0.29) is 18.0 Å². The van der Waals surface area contributed by atoms with Crippen molar-refractivity contribution in [3.05, 3.63) is 28.2 Å². The van der Waals surface area contributed by atoms with Crippen LogP contribution in [-0.4, -0.2) is 26.3 Å². The van der Waals surface area contributed by atoms with Crippen molar-refractivity contribution >= 4 is 21.9 Å². The molecular formula is C16H21BrO4. The highest BCUT2D eigenvalue weighted by Crippen LogP contribution is 2.29. The molecule has 0 spiro atoms. The van der Waals surface area contributed by atoms with E-state index in [1.165, 1.54) is 7.11 Å². The van der Waals surface area contributed by atoms with Gasteiger partial charge in [-0.3, -0.25) is 4.79 Å². The van der Waals surface area contributed by atoms with Crippen LogP contribution in [0.2, 0.25) is 0 Å². The van der Waals surface area contributed by atoms with Gasteiger partial charge in [0.1, 0.15) is 5.75 Å². The van der Waals surface area contributed by atoms with Crippen molar-refractivity contribution in [3.63, 3.8) is 0 Å². The maximum absolute atomic E-state index is 11.5. The van der Waals surface area contributed by atoms with Gasteiger partial charge in [-0.05, 0) is 43.9 Å². The third-order valence-corrected chi connectivity index (χ3v) is 4.42. The van der Waals surface area contributed by atoms with Crippen LogP contribution < -0.4 is 4.74 Å². The van der Waals surface area contributed by atoms with Crippen molar-refractivity contribution in [1.29, 1.82) is 0 Å². The van der Waals surface area contributed by atoms with E-state index in [0.717, 1.165) is 41.5 Å². The molecule has 0 amide bonds. The van der Waals surface area contributed by atoms with Gasteiger partial charge in [0.05, 0.1) is 32.8 Å². The molecule has 0 N–H and O–H groups in total. The maximum Gasteiger partial charge on any atom is 0.308 e. The minimum atomic E-state index is -0.0953. The number of hydrogen-bond acceptors (Lipinski definition) is 4. The van der Waals surface area contributed by atoms with Crippen LogP contribution in [0.25, 0.3) is 0 Å². The van der Waals surface area contributed by atoms with Crippen LogP contribution in [0, 0.1) is 5.92 Å². The van der Waals surface area contributed by atoms with Crippen LogP contribution >= 0.6 is 15.9 Å². The number of carbonyl (C=O) groups is 1. The average Bonchev–Trinajstić information content (AvgIpc) is 2.52. The number of rotatable bonds is 5. The number of benzene rings is 1. The van der Waals surface area contributed by atoms with Crippen molar-refractivity contribution in [3.8, 4) is 5.75 Å². The Morgan fingerprint density at radius 2 is 1.95 bits per heavy atom. The molecule has 0 radical (unpaired) electrons. The molecule has 0 bridgehead atoms. The second kappa shape index (κ2) is 7.80. The Morgan fingerprint density at radius 3 is 2.57 bits per heavy atom. The van der Waals surface area contributed by atoms with Crippen LogP contribution in [-0.2, 0) is 20.9 Å². The zero-order valence-corrected chi connectivity index (χ0v) is 14.0. The molecule has 1 aliphatic rings. The number of esters is 1. The first-order valence-electron chi connectivity index (χ1n) is 7.16. The fraction of sp³-hybridized carbons (Fsp3) is 0.562. The Morgan fingerprint density at radius 1 is 1.24 bits per heavy atom. The Bertz CT molecular complexity index is 481. The zero-order valence-electron chi connectivity index (χ0n) is 12.4. The third kappa shape index (κ3) is 4.45. The first-order valence-corrected chi connectivity index (χ1v) is 7.95. The van der Waals surface area contributed by atoms with Crippen LogP contribution in [0.4, 0.5) is 0 Å². The highest BCUT2D eigenvalue weighted by atomic mass is 79.9. The number of carbonyl (C=O) groups excluding carboxylic acids is 1. The van der Waals surface area contributed by atoms with E-state index < -0.39 is 0 Å². The standard InChI is InChI=1S/C16H21BrO4/c1-19-15-8-5-13(17)9-12(15)10-21-14-6-3-11(4-7-14)16(18)20-2/h5,8-9,11,14H,3-4,6-7,10H2,1-2H3. The van der Waals surface area contributed by atoms with E-state index in [2.05, 4.69) is 15.9 Å². The second-order valence-corrected chi connectivity index (χ2v) is 6.18. The molecule has 1 aromatic carbocycles. The quantitative estimate of drug-likeness (QED) is 0.754. The van der Waals surface area contributed by atoms with Gasteiger partial charge in [-0.25, -0.2) is 0 Å². The normalized spacial score (nSPS) is 21.9. The lowest BCUT2D eigenvalue weighted by Gasteiger charge is -2.27. The summed E-state index contributed by atoms with van der Waals surface area (Å²) in [6, 6.07) is 5.89. The summed E-state index contributed by atoms with van der Waals surface area (Å²) < 4.78 is 17.1. The smallest absolute Gasteiger partial charge is 0.308 e. The van der Waals surface area contributed by atoms with Crippen molar-refractivity contribution in [2.24, 2.45) is 5.92 Å². The van der Waals surface area contributed by atoms with Crippen molar-refractivity contribution < 1.29 is 19.0 Å². The van der Waals surface area contributed by atoms with Gasteiger partial charge in [0, 0.05) is 10.0 Å². The molecule has 0 aromatic heterocycles. The Balaban J connectivity index is 1.85. The lowest BCUT2D eigenvalue weighted by atomic mass is 9.87. The molecular weight excluding hydrogens is 336 g/mol. The predicted molar refractivity (Wildman–Crippen MR) is 83.2 cm³/mol. The van der Waals surface area contributed by atoms with Crippen LogP contribution in [0.3, 0.4) is 0 Å². The van der Waals surface area contributed by atoms with Gasteiger partial charge < -0.3 is 14.2 Å². The number of hydrogen-bond donors (Lipinski definition) is 0. The lowest BCUT2D eigenvalue weighted by molar-refractivity contribution is -0.147. The molecule has 0 saturated heterocycles. The van der Waals surface area contributed by atoms with Gasteiger partial charge in [-0.15, -0.1) is 0 Å². The molecule has 0 heterocycles. The van der Waals surface area contributed by atoms with Crippen molar-refractivity contribution in [2.75, 3.05) is 14.2 Å². The SMILES string of the molecule is COC(=O)C1CCC(OCc2cc(Br)ccc2OC)CC1. The van der Waals surface area contributed by atoms with Crippen LogP contribution in [0.5, 0.6) is 5.75 Å². The third-order valence-electron chi connectivity index (χ3n) is 3.93. The molecule has 1 saturated carbocycles. The molecule has 1 aliphatic carbocycles. The molecule has 0 aliphatic heterocycles. The summed E-state index contributed by atoms with van der Waals surface area (Å²) >= 11 is 3.46. The van der Waals surface area contributed by atoms with Crippen LogP contribution in [0.15, 0.2) is 22.7 Å². The van der Waals surface area contributed by atoms with Crippen LogP contribution in [0.1, 0.15) is 31.2 Å². The highest BCUT2D eigenvalue weighted by molar-refractivity contribution is 9.10. The first-order chi connectivity index (χ1) is 10.1. The van der Waals surface area contributed by atoms with Crippen molar-refractivity contribution in [1.82, 2.24) is 0 Å². The van der Waals surface area contributed by atoms with E-state index in [1.807, 2.05) is 18.2 Å². The highest BCUT2D eigenvalue weighted by Gasteiger charge is 2.27. The van der Waals surface area contributed by atoms with Gasteiger partial charge in [-0.1, -0.05) is 15.9 Å². The fourth-order valence-electron chi connectivity index (χ4n) is 2.70. The largest absolute Gasteiger partial charge is 0.496 e. The summed E-state index contributed by atoms with van der Waals surface area (Å²) in [7, 11) is 3.11. The van der Waals surface area contributed by atoms with Gasteiger partial charge in [0.25, 0.3) is 0 Å². The summed E-state index contributed by atoms with van der Waals surface area (Å²) in [5.41, 5.74) is 1.03. The summed E-state index contributed by atoms with van der Waals surface area (Å²) in [5, 5.41) is 0. The van der Waals surface area contributed by atoms with Gasteiger partial charge >= 0.3 is 5.97 Å². The van der Waals surface area contributed by atoms with E-state index >= 15 is 0 Å². The van der Waals surface area contributed by atoms with E-state index in [9.17, 15) is 4.79 Å². The summed E-state index contributed by atoms with van der Waals surface area (Å²) in [6.45, 7) is 0.524. The number of ether oxygens (including phenoxy) is 3. The predicted octanol–water partition coefficient (Wildman–Crippen LogP) is 3.71. The Hall–Kier alpha value is -1.07. The minimum absolute atomic E-state index is 0.0373. The molecule has 116 valence electrons. The van der Waals surface area contributed by atoms with Gasteiger partial charge in [-0.2, -0.15) is 0 Å². The first kappa shape index (κ1) is 16.3. The van der Waals surface area contributed by atoms with E-state index in [1.54, 1.807) is 7.11 Å². The van der Waals surface area contributed by atoms with Gasteiger partial charge in [0.2, 0.25) is 0 Å². The fourth-order valence-corrected chi connectivity index (χ4v) is 3.11. The van der Waals surface area contributed by atoms with E-state index in [0.29, 0.717) is 6.61 Å². The number of halogens is 1. The maximum atomic E-state index is 11.5. The molecule has 1 fully saturated rings. The molecule has 0 unspecified atom stereocenters. The average molecular weight is 357 g/mol. The summed E-state index contributed by atoms with van der Waals surface area (Å²) in [4.78, 5) is 11.5. The Kier molecular flexibility index (Phi) is 6.06. The lowest BCUT2D eigenvalue weighted by Crippen LogP contribution is -2.26. The second-order valence-electron chi connectivity index (χ2n) is 5.26. The summed E-state index contributed by atoms with van der Waals surface area (Å²) in [6.07, 6.45) is 3.68. The van der Waals surface area contributed by atoms with Crippen molar-refractivity contribution in [2.45, 2.75) is 38.4 Å².